The van der Waals surface area contributed by atoms with Crippen molar-refractivity contribution in [1.29, 1.82) is 0 Å². The summed E-state index contributed by atoms with van der Waals surface area (Å²) < 4.78 is 34.4. The summed E-state index contributed by atoms with van der Waals surface area (Å²) in [6.45, 7) is 0.737. The van der Waals surface area contributed by atoms with Crippen LogP contribution in [0.1, 0.15) is 12.8 Å². The predicted molar refractivity (Wildman–Crippen MR) is 117 cm³/mol. The first-order chi connectivity index (χ1) is 14.1. The molecule has 3 aromatic rings. The molecule has 0 amide bonds. The van der Waals surface area contributed by atoms with Gasteiger partial charge in [0.15, 0.2) is 0 Å². The van der Waals surface area contributed by atoms with Crippen LogP contribution in [0, 0.1) is 0 Å². The lowest BCUT2D eigenvalue weighted by Gasteiger charge is -2.36. The molecular weight excluding hydrogens is 384 g/mol. The van der Waals surface area contributed by atoms with Crippen molar-refractivity contribution in [3.63, 3.8) is 0 Å². The number of sulfonamides is 1. The van der Waals surface area contributed by atoms with Crippen LogP contribution < -0.4 is 14.4 Å². The first-order valence-corrected chi connectivity index (χ1v) is 11.2. The molecule has 0 bridgehead atoms. The number of nitrogens with one attached hydrogen (secondary N) is 1. The third kappa shape index (κ3) is 3.86. The minimum atomic E-state index is -3.73. The zero-order valence-corrected chi connectivity index (χ0v) is 17.1. The van der Waals surface area contributed by atoms with Gasteiger partial charge in [0.2, 0.25) is 5.44 Å². The monoisotopic (exact) mass is 408 g/mol. The summed E-state index contributed by atoms with van der Waals surface area (Å²) in [6, 6.07) is 24.8. The molecule has 6 heteroatoms. The van der Waals surface area contributed by atoms with Gasteiger partial charge in [-0.1, -0.05) is 54.6 Å². The highest BCUT2D eigenvalue weighted by atomic mass is 32.2. The van der Waals surface area contributed by atoms with Crippen molar-refractivity contribution in [2.24, 2.45) is 0 Å². The maximum absolute atomic E-state index is 13.5. The summed E-state index contributed by atoms with van der Waals surface area (Å²) in [5, 5.41) is 3.06. The van der Waals surface area contributed by atoms with E-state index in [-0.39, 0.29) is 0 Å². The largest absolute Gasteiger partial charge is 0.470 e. The third-order valence-corrected chi connectivity index (χ3v) is 6.90. The van der Waals surface area contributed by atoms with Crippen molar-refractivity contribution < 1.29 is 13.2 Å². The van der Waals surface area contributed by atoms with E-state index in [2.05, 4.69) is 5.32 Å². The van der Waals surface area contributed by atoms with E-state index in [1.54, 1.807) is 0 Å². The second-order valence-corrected chi connectivity index (χ2v) is 8.91. The molecular formula is C23H24N2O3S. The fourth-order valence-electron chi connectivity index (χ4n) is 3.55. The molecule has 0 radical (unpaired) electrons. The fraction of sp³-hybridized carbons (Fsp3) is 0.217. The molecule has 3 aromatic carbocycles. The first-order valence-electron chi connectivity index (χ1n) is 9.71. The second kappa shape index (κ2) is 8.27. The van der Waals surface area contributed by atoms with Gasteiger partial charge in [0.25, 0.3) is 10.0 Å². The Bertz CT molecular complexity index is 1070. The van der Waals surface area contributed by atoms with E-state index >= 15 is 0 Å². The van der Waals surface area contributed by atoms with E-state index in [0.717, 1.165) is 17.7 Å². The van der Waals surface area contributed by atoms with Gasteiger partial charge in [-0.25, -0.2) is 12.7 Å². The zero-order valence-electron chi connectivity index (χ0n) is 16.3. The lowest BCUT2D eigenvalue weighted by Crippen LogP contribution is -2.43. The molecule has 1 N–H and O–H groups in total. The number of rotatable bonds is 6. The summed E-state index contributed by atoms with van der Waals surface area (Å²) in [6.07, 6.45) is 1.13. The van der Waals surface area contributed by atoms with E-state index in [4.69, 9.17) is 4.74 Å². The van der Waals surface area contributed by atoms with Crippen LogP contribution in [-0.2, 0) is 10.0 Å². The summed E-state index contributed by atoms with van der Waals surface area (Å²) >= 11 is 0. The Morgan fingerprint density at radius 1 is 0.931 bits per heavy atom. The van der Waals surface area contributed by atoms with E-state index < -0.39 is 15.5 Å². The van der Waals surface area contributed by atoms with Gasteiger partial charge in [0, 0.05) is 6.42 Å². The molecule has 0 saturated carbocycles. The van der Waals surface area contributed by atoms with E-state index in [9.17, 15) is 8.42 Å². The van der Waals surface area contributed by atoms with Crippen LogP contribution in [0.5, 0.6) is 5.75 Å². The average Bonchev–Trinajstić information content (AvgIpc) is 2.75. The van der Waals surface area contributed by atoms with Crippen molar-refractivity contribution >= 4 is 21.4 Å². The quantitative estimate of drug-likeness (QED) is 0.609. The Morgan fingerprint density at radius 3 is 2.31 bits per heavy atom. The molecule has 1 unspecified atom stereocenters. The lowest BCUT2D eigenvalue weighted by atomic mass is 10.0. The van der Waals surface area contributed by atoms with Crippen LogP contribution >= 0.6 is 0 Å². The number of nitrogens with zero attached hydrogens (tertiary/aromatic N) is 1. The van der Waals surface area contributed by atoms with Crippen molar-refractivity contribution in [2.45, 2.75) is 18.3 Å². The van der Waals surface area contributed by atoms with E-state index in [1.807, 2.05) is 85.9 Å². The summed E-state index contributed by atoms with van der Waals surface area (Å²) in [4.78, 5) is 0. The first kappa shape index (κ1) is 19.5. The smallest absolute Gasteiger partial charge is 0.277 e. The molecule has 0 spiro atoms. The van der Waals surface area contributed by atoms with Crippen LogP contribution in [0.4, 0.5) is 11.4 Å². The van der Waals surface area contributed by atoms with Crippen LogP contribution in [0.3, 0.4) is 0 Å². The molecule has 0 aromatic heterocycles. The minimum absolute atomic E-state index is 0.423. The second-order valence-electron chi connectivity index (χ2n) is 6.99. The highest BCUT2D eigenvalue weighted by molar-refractivity contribution is 7.93. The van der Waals surface area contributed by atoms with Gasteiger partial charge < -0.3 is 10.1 Å². The average molecular weight is 409 g/mol. The molecule has 1 aliphatic heterocycles. The van der Waals surface area contributed by atoms with Crippen molar-refractivity contribution in [3.05, 3.63) is 78.9 Å². The van der Waals surface area contributed by atoms with Gasteiger partial charge in [-0.05, 0) is 55.4 Å². The zero-order chi connectivity index (χ0) is 20.3. The third-order valence-electron chi connectivity index (χ3n) is 4.99. The molecule has 1 heterocycles. The van der Waals surface area contributed by atoms with Gasteiger partial charge in [-0.3, -0.25) is 0 Å². The number of hydrogen-bond donors (Lipinski definition) is 1. The fourth-order valence-corrected chi connectivity index (χ4v) is 5.30. The summed E-state index contributed by atoms with van der Waals surface area (Å²) in [7, 11) is -1.87. The van der Waals surface area contributed by atoms with Crippen LogP contribution in [0.2, 0.25) is 0 Å². The molecule has 150 valence electrons. The number of benzene rings is 3. The number of fused-ring (bicyclic) bond motifs is 1. The topological polar surface area (TPSA) is 58.6 Å². The van der Waals surface area contributed by atoms with Crippen molar-refractivity contribution in [2.75, 3.05) is 17.9 Å². The predicted octanol–water partition coefficient (Wildman–Crippen LogP) is 4.54. The molecule has 5 nitrogen and oxygen atoms in total. The Hall–Kier alpha value is -2.83. The van der Waals surface area contributed by atoms with Crippen molar-refractivity contribution in [3.8, 4) is 16.9 Å². The Kier molecular flexibility index (Phi) is 5.56. The lowest BCUT2D eigenvalue weighted by molar-refractivity contribution is 0.254. The highest BCUT2D eigenvalue weighted by Crippen LogP contribution is 2.44. The minimum Gasteiger partial charge on any atom is -0.470 e. The molecule has 1 aliphatic rings. The normalized spacial score (nSPS) is 17.4. The maximum Gasteiger partial charge on any atom is 0.277 e. The standard InChI is InChI=1S/C23H24N2O3S/c1-24-16-8-13-23-28-22-15-14-19(18-9-4-2-5-10-18)17-21(22)25(29(23,26)27)20-11-6-3-7-12-20/h2-7,9-12,14-15,17,23-24H,8,13,16H2,1H3. The SMILES string of the molecule is CNCCCC1Oc2ccc(-c3ccccc3)cc2N(c2ccccc2)S1(=O)=O. The van der Waals surface area contributed by atoms with Crippen LogP contribution in [0.25, 0.3) is 11.1 Å². The van der Waals surface area contributed by atoms with Gasteiger partial charge in [0.1, 0.15) is 5.75 Å². The van der Waals surface area contributed by atoms with E-state index in [0.29, 0.717) is 30.0 Å². The highest BCUT2D eigenvalue weighted by Gasteiger charge is 2.41. The number of para-hydroxylation sites is 1. The van der Waals surface area contributed by atoms with Gasteiger partial charge in [0.05, 0.1) is 11.4 Å². The molecule has 0 saturated heterocycles. The van der Waals surface area contributed by atoms with Gasteiger partial charge in [-0.2, -0.15) is 0 Å². The summed E-state index contributed by atoms with van der Waals surface area (Å²) in [5.41, 5.74) is 2.21. The number of hydrogen-bond acceptors (Lipinski definition) is 4. The van der Waals surface area contributed by atoms with Gasteiger partial charge in [-0.15, -0.1) is 0 Å². The van der Waals surface area contributed by atoms with Crippen LogP contribution in [-0.4, -0.2) is 27.4 Å². The molecule has 0 aliphatic carbocycles. The van der Waals surface area contributed by atoms with Gasteiger partial charge >= 0.3 is 0 Å². The van der Waals surface area contributed by atoms with Crippen molar-refractivity contribution in [1.82, 2.24) is 5.32 Å². The summed E-state index contributed by atoms with van der Waals surface area (Å²) in [5.74, 6) is 0.581. The Balaban J connectivity index is 1.82. The molecule has 4 rings (SSSR count). The van der Waals surface area contributed by atoms with Crippen LogP contribution in [0.15, 0.2) is 78.9 Å². The number of ether oxygens (including phenoxy) is 1. The Labute approximate surface area is 172 Å². The molecule has 29 heavy (non-hydrogen) atoms. The molecule has 0 fully saturated rings. The van der Waals surface area contributed by atoms with E-state index in [1.165, 1.54) is 4.31 Å². The Morgan fingerprint density at radius 2 is 1.62 bits per heavy atom. The number of anilines is 2. The molecule has 1 atom stereocenters. The maximum atomic E-state index is 13.5.